The summed E-state index contributed by atoms with van der Waals surface area (Å²) in [7, 11) is 2.16. The summed E-state index contributed by atoms with van der Waals surface area (Å²) in [5.74, 6) is 0. The maximum absolute atomic E-state index is 12.1. The molecule has 146 valence electrons. The van der Waals surface area contributed by atoms with Crippen LogP contribution in [0.5, 0.6) is 0 Å². The third-order valence-electron chi connectivity index (χ3n) is 5.17. The number of likely N-dealkylation sites (N-methyl/N-ethyl adjacent to an activating group) is 1. The molecule has 3 heterocycles. The minimum absolute atomic E-state index is 0.00134. The van der Waals surface area contributed by atoms with Gasteiger partial charge in [-0.2, -0.15) is 10.2 Å². The molecule has 1 aromatic carbocycles. The molecule has 0 N–H and O–H groups in total. The SMILES string of the molecule is CC(C)n1nc(-c2ccnn2-c2ccccc2N2CCN(C)CC2)ccc1=O. The Labute approximate surface area is 164 Å². The molecule has 2 aromatic heterocycles. The minimum atomic E-state index is -0.0948. The first-order valence-corrected chi connectivity index (χ1v) is 9.72. The molecule has 0 atom stereocenters. The van der Waals surface area contributed by atoms with Gasteiger partial charge < -0.3 is 9.80 Å². The predicted molar refractivity (Wildman–Crippen MR) is 111 cm³/mol. The minimum Gasteiger partial charge on any atom is -0.367 e. The molecule has 28 heavy (non-hydrogen) atoms. The lowest BCUT2D eigenvalue weighted by Crippen LogP contribution is -2.44. The Bertz CT molecular complexity index is 1010. The second-order valence-electron chi connectivity index (χ2n) is 7.50. The van der Waals surface area contributed by atoms with Crippen molar-refractivity contribution in [3.8, 4) is 17.1 Å². The summed E-state index contributed by atoms with van der Waals surface area (Å²) < 4.78 is 3.43. The van der Waals surface area contributed by atoms with E-state index in [1.54, 1.807) is 18.3 Å². The summed E-state index contributed by atoms with van der Waals surface area (Å²) in [5, 5.41) is 9.16. The maximum atomic E-state index is 12.1. The molecule has 1 fully saturated rings. The quantitative estimate of drug-likeness (QED) is 0.698. The van der Waals surface area contributed by atoms with Gasteiger partial charge in [0.1, 0.15) is 5.69 Å². The second-order valence-corrected chi connectivity index (χ2v) is 7.50. The van der Waals surface area contributed by atoms with Crippen molar-refractivity contribution >= 4 is 5.69 Å². The molecule has 0 saturated carbocycles. The number of piperazine rings is 1. The van der Waals surface area contributed by atoms with E-state index >= 15 is 0 Å². The Balaban J connectivity index is 1.77. The van der Waals surface area contributed by atoms with E-state index in [0.717, 1.165) is 48.9 Å². The largest absolute Gasteiger partial charge is 0.367 e. The molecule has 1 aliphatic heterocycles. The lowest BCUT2D eigenvalue weighted by atomic mass is 10.2. The van der Waals surface area contributed by atoms with E-state index in [1.807, 2.05) is 30.7 Å². The number of rotatable bonds is 4. The topological polar surface area (TPSA) is 59.2 Å². The van der Waals surface area contributed by atoms with Crippen molar-refractivity contribution in [3.63, 3.8) is 0 Å². The molecule has 0 amide bonds. The maximum Gasteiger partial charge on any atom is 0.267 e. The van der Waals surface area contributed by atoms with Crippen LogP contribution in [-0.2, 0) is 0 Å². The van der Waals surface area contributed by atoms with Gasteiger partial charge in [0.05, 0.1) is 29.3 Å². The van der Waals surface area contributed by atoms with Crippen LogP contribution in [0.1, 0.15) is 19.9 Å². The summed E-state index contributed by atoms with van der Waals surface area (Å²) in [5.41, 5.74) is 3.70. The standard InChI is InChI=1S/C21H26N6O/c1-16(2)26-21(28)9-8-17(23-26)18-10-11-22-27(18)20-7-5-4-6-19(20)25-14-12-24(3)13-15-25/h4-11,16H,12-15H2,1-3H3. The summed E-state index contributed by atoms with van der Waals surface area (Å²) in [6.45, 7) is 7.97. The third kappa shape index (κ3) is 3.45. The molecular weight excluding hydrogens is 352 g/mol. The molecule has 0 bridgehead atoms. The van der Waals surface area contributed by atoms with Gasteiger partial charge in [0.2, 0.25) is 0 Å². The van der Waals surface area contributed by atoms with E-state index in [1.165, 1.54) is 4.68 Å². The van der Waals surface area contributed by atoms with E-state index in [0.29, 0.717) is 0 Å². The number of hydrogen-bond acceptors (Lipinski definition) is 5. The summed E-state index contributed by atoms with van der Waals surface area (Å²) in [4.78, 5) is 16.8. The van der Waals surface area contributed by atoms with Crippen LogP contribution in [0.2, 0.25) is 0 Å². The zero-order valence-corrected chi connectivity index (χ0v) is 16.6. The second kappa shape index (κ2) is 7.59. The van der Waals surface area contributed by atoms with Gasteiger partial charge in [-0.25, -0.2) is 9.36 Å². The van der Waals surface area contributed by atoms with Gasteiger partial charge in [-0.3, -0.25) is 4.79 Å². The van der Waals surface area contributed by atoms with Crippen LogP contribution >= 0.6 is 0 Å². The summed E-state index contributed by atoms with van der Waals surface area (Å²) in [6.07, 6.45) is 1.78. The highest BCUT2D eigenvalue weighted by molar-refractivity contribution is 5.67. The van der Waals surface area contributed by atoms with E-state index in [9.17, 15) is 4.79 Å². The van der Waals surface area contributed by atoms with Crippen molar-refractivity contribution in [2.24, 2.45) is 0 Å². The predicted octanol–water partition coefficient (Wildman–Crippen LogP) is 2.43. The Morgan fingerprint density at radius 3 is 2.36 bits per heavy atom. The monoisotopic (exact) mass is 378 g/mol. The zero-order chi connectivity index (χ0) is 19.7. The first-order valence-electron chi connectivity index (χ1n) is 9.72. The van der Waals surface area contributed by atoms with Crippen molar-refractivity contribution in [1.29, 1.82) is 0 Å². The van der Waals surface area contributed by atoms with Gasteiger partial charge in [0.25, 0.3) is 5.56 Å². The molecule has 7 nitrogen and oxygen atoms in total. The van der Waals surface area contributed by atoms with Gasteiger partial charge in [0, 0.05) is 32.2 Å². The highest BCUT2D eigenvalue weighted by Crippen LogP contribution is 2.28. The fourth-order valence-corrected chi connectivity index (χ4v) is 3.58. The molecule has 1 saturated heterocycles. The number of hydrogen-bond donors (Lipinski definition) is 0. The molecule has 1 aliphatic rings. The zero-order valence-electron chi connectivity index (χ0n) is 16.6. The molecule has 3 aromatic rings. The van der Waals surface area contributed by atoms with E-state index in [-0.39, 0.29) is 11.6 Å². The Kier molecular flexibility index (Phi) is 5.00. The Morgan fingerprint density at radius 2 is 1.64 bits per heavy atom. The summed E-state index contributed by atoms with van der Waals surface area (Å²) in [6, 6.07) is 13.6. The molecular formula is C21H26N6O. The fourth-order valence-electron chi connectivity index (χ4n) is 3.58. The van der Waals surface area contributed by atoms with Crippen LogP contribution in [0.25, 0.3) is 17.1 Å². The fraction of sp³-hybridized carbons (Fsp3) is 0.381. The number of para-hydroxylation sites is 2. The average Bonchev–Trinajstić information content (AvgIpc) is 3.18. The van der Waals surface area contributed by atoms with Crippen molar-refractivity contribution in [1.82, 2.24) is 24.5 Å². The lowest BCUT2D eigenvalue weighted by Gasteiger charge is -2.35. The molecule has 4 rings (SSSR count). The van der Waals surface area contributed by atoms with Crippen LogP contribution in [0.15, 0.2) is 53.5 Å². The first-order chi connectivity index (χ1) is 13.5. The molecule has 0 spiro atoms. The first kappa shape index (κ1) is 18.4. The number of benzene rings is 1. The van der Waals surface area contributed by atoms with Gasteiger partial charge in [-0.15, -0.1) is 0 Å². The lowest BCUT2D eigenvalue weighted by molar-refractivity contribution is 0.313. The van der Waals surface area contributed by atoms with Crippen molar-refractivity contribution in [2.75, 3.05) is 38.1 Å². The van der Waals surface area contributed by atoms with E-state index in [2.05, 4.69) is 45.2 Å². The van der Waals surface area contributed by atoms with Gasteiger partial charge in [-0.1, -0.05) is 12.1 Å². The van der Waals surface area contributed by atoms with Crippen LogP contribution in [0, 0.1) is 0 Å². The third-order valence-corrected chi connectivity index (χ3v) is 5.17. The van der Waals surface area contributed by atoms with Gasteiger partial charge >= 0.3 is 0 Å². The van der Waals surface area contributed by atoms with Crippen molar-refractivity contribution in [2.45, 2.75) is 19.9 Å². The van der Waals surface area contributed by atoms with Gasteiger partial charge in [0.15, 0.2) is 0 Å². The molecule has 0 unspecified atom stereocenters. The van der Waals surface area contributed by atoms with Crippen LogP contribution in [0.4, 0.5) is 5.69 Å². The van der Waals surface area contributed by atoms with E-state index in [4.69, 9.17) is 0 Å². The highest BCUT2D eigenvalue weighted by atomic mass is 16.1. The molecule has 0 aliphatic carbocycles. The summed E-state index contributed by atoms with van der Waals surface area (Å²) >= 11 is 0. The highest BCUT2D eigenvalue weighted by Gasteiger charge is 2.20. The average molecular weight is 378 g/mol. The van der Waals surface area contributed by atoms with Crippen molar-refractivity contribution in [3.05, 3.63) is 59.0 Å². The van der Waals surface area contributed by atoms with Crippen LogP contribution in [-0.4, -0.2) is 57.7 Å². The van der Waals surface area contributed by atoms with Crippen LogP contribution < -0.4 is 10.5 Å². The molecule has 7 heteroatoms. The van der Waals surface area contributed by atoms with Crippen molar-refractivity contribution < 1.29 is 0 Å². The Hall–Kier alpha value is -2.93. The number of aromatic nitrogens is 4. The molecule has 0 radical (unpaired) electrons. The van der Waals surface area contributed by atoms with Gasteiger partial charge in [-0.05, 0) is 45.2 Å². The normalized spacial score (nSPS) is 15.4. The van der Waals surface area contributed by atoms with Crippen LogP contribution in [0.3, 0.4) is 0 Å². The van der Waals surface area contributed by atoms with E-state index < -0.39 is 0 Å². The number of nitrogens with zero attached hydrogens (tertiary/aromatic N) is 6. The smallest absolute Gasteiger partial charge is 0.267 e. The Morgan fingerprint density at radius 1 is 0.929 bits per heavy atom. The number of anilines is 1.